The summed E-state index contributed by atoms with van der Waals surface area (Å²) < 4.78 is 10.9. The largest absolute Gasteiger partial charge is 0.391 e. The maximum atomic E-state index is 9.39. The van der Waals surface area contributed by atoms with Crippen molar-refractivity contribution in [1.29, 1.82) is 0 Å². The average molecular weight is 190 g/mol. The monoisotopic (exact) mass is 190 g/mol. The van der Waals surface area contributed by atoms with Gasteiger partial charge in [0.15, 0.2) is 5.79 Å². The summed E-state index contributed by atoms with van der Waals surface area (Å²) in [5.41, 5.74) is 0. The quantitative estimate of drug-likeness (QED) is 0.656. The topological polar surface area (TPSA) is 58.9 Å². The highest BCUT2D eigenvalue weighted by Crippen LogP contribution is 2.31. The van der Waals surface area contributed by atoms with E-state index in [9.17, 15) is 10.2 Å². The Kier molecular flexibility index (Phi) is 2.97. The van der Waals surface area contributed by atoms with Gasteiger partial charge >= 0.3 is 0 Å². The molecule has 1 rings (SSSR count). The lowest BCUT2D eigenvalue weighted by molar-refractivity contribution is -0.159. The summed E-state index contributed by atoms with van der Waals surface area (Å²) in [5.74, 6) is -0.719. The fraction of sp³-hybridized carbons (Fsp3) is 1.00. The van der Waals surface area contributed by atoms with Crippen LogP contribution in [0.1, 0.15) is 27.7 Å². The third kappa shape index (κ3) is 2.40. The Morgan fingerprint density at radius 1 is 1.00 bits per heavy atom. The molecule has 0 unspecified atom stereocenters. The molecule has 1 saturated heterocycles. The molecule has 1 fully saturated rings. The summed E-state index contributed by atoms with van der Waals surface area (Å²) in [6, 6.07) is 0. The Morgan fingerprint density at radius 2 is 1.31 bits per heavy atom. The molecule has 78 valence electrons. The lowest BCUT2D eigenvalue weighted by atomic mass is 10.1. The van der Waals surface area contributed by atoms with Gasteiger partial charge in [0, 0.05) is 0 Å². The van der Waals surface area contributed by atoms with Gasteiger partial charge in [-0.25, -0.2) is 0 Å². The zero-order valence-corrected chi connectivity index (χ0v) is 8.52. The van der Waals surface area contributed by atoms with Crippen LogP contribution in [-0.2, 0) is 9.47 Å². The number of hydrogen-bond donors (Lipinski definition) is 2. The number of ether oxygens (including phenoxy) is 2. The van der Waals surface area contributed by atoms with Crippen LogP contribution in [0.15, 0.2) is 0 Å². The third-order valence-corrected chi connectivity index (χ3v) is 2.11. The van der Waals surface area contributed by atoms with Gasteiger partial charge in [-0.05, 0) is 27.7 Å². The van der Waals surface area contributed by atoms with E-state index < -0.39 is 30.2 Å². The molecule has 4 heteroatoms. The minimum absolute atomic E-state index is 0.449. The van der Waals surface area contributed by atoms with E-state index in [0.29, 0.717) is 0 Å². The van der Waals surface area contributed by atoms with Gasteiger partial charge < -0.3 is 19.7 Å². The zero-order chi connectivity index (χ0) is 10.2. The molecule has 0 radical (unpaired) electrons. The molecule has 0 aromatic heterocycles. The SMILES string of the molecule is C[C@H](O)[C@@H]1OC(C)(C)O[C@@H]1[C@@H](C)O. The molecular formula is C9H18O4. The predicted molar refractivity (Wildman–Crippen MR) is 47.2 cm³/mol. The van der Waals surface area contributed by atoms with Crippen molar-refractivity contribution in [3.8, 4) is 0 Å². The smallest absolute Gasteiger partial charge is 0.164 e. The molecule has 0 aromatic carbocycles. The van der Waals surface area contributed by atoms with Crippen LogP contribution in [0.2, 0.25) is 0 Å². The van der Waals surface area contributed by atoms with Crippen LogP contribution in [0.5, 0.6) is 0 Å². The van der Waals surface area contributed by atoms with Gasteiger partial charge in [-0.3, -0.25) is 0 Å². The summed E-state index contributed by atoms with van der Waals surface area (Å²) in [6.07, 6.45) is -2.17. The summed E-state index contributed by atoms with van der Waals surface area (Å²) in [7, 11) is 0. The van der Waals surface area contributed by atoms with Gasteiger partial charge in [0.05, 0.1) is 12.2 Å². The van der Waals surface area contributed by atoms with Crippen LogP contribution in [0.3, 0.4) is 0 Å². The van der Waals surface area contributed by atoms with Crippen molar-refractivity contribution >= 4 is 0 Å². The fourth-order valence-electron chi connectivity index (χ4n) is 1.56. The van der Waals surface area contributed by atoms with Gasteiger partial charge in [-0.2, -0.15) is 0 Å². The number of rotatable bonds is 2. The van der Waals surface area contributed by atoms with Crippen molar-refractivity contribution in [2.75, 3.05) is 0 Å². The van der Waals surface area contributed by atoms with E-state index in [0.717, 1.165) is 0 Å². The van der Waals surface area contributed by atoms with Crippen LogP contribution in [-0.4, -0.2) is 40.4 Å². The Morgan fingerprint density at radius 3 is 1.54 bits per heavy atom. The third-order valence-electron chi connectivity index (χ3n) is 2.11. The van der Waals surface area contributed by atoms with Gasteiger partial charge in [0.25, 0.3) is 0 Å². The molecule has 1 heterocycles. The average Bonchev–Trinajstić information content (AvgIpc) is 2.26. The van der Waals surface area contributed by atoms with E-state index in [4.69, 9.17) is 9.47 Å². The van der Waals surface area contributed by atoms with Gasteiger partial charge in [-0.1, -0.05) is 0 Å². The molecule has 0 bridgehead atoms. The lowest BCUT2D eigenvalue weighted by Gasteiger charge is -2.20. The zero-order valence-electron chi connectivity index (χ0n) is 8.52. The van der Waals surface area contributed by atoms with E-state index in [2.05, 4.69) is 0 Å². The maximum absolute atomic E-state index is 9.39. The maximum Gasteiger partial charge on any atom is 0.164 e. The Hall–Kier alpha value is -0.160. The van der Waals surface area contributed by atoms with Crippen molar-refractivity contribution in [2.24, 2.45) is 0 Å². The first-order valence-electron chi connectivity index (χ1n) is 4.55. The van der Waals surface area contributed by atoms with E-state index in [1.807, 2.05) is 0 Å². The summed E-state index contributed by atoms with van der Waals surface area (Å²) >= 11 is 0. The first-order valence-corrected chi connectivity index (χ1v) is 4.55. The van der Waals surface area contributed by atoms with Crippen molar-refractivity contribution in [3.05, 3.63) is 0 Å². The molecular weight excluding hydrogens is 172 g/mol. The molecule has 1 aliphatic rings. The molecule has 13 heavy (non-hydrogen) atoms. The van der Waals surface area contributed by atoms with Crippen LogP contribution in [0.4, 0.5) is 0 Å². The summed E-state index contributed by atoms with van der Waals surface area (Å²) in [6.45, 7) is 6.80. The summed E-state index contributed by atoms with van der Waals surface area (Å²) in [5, 5.41) is 18.8. The van der Waals surface area contributed by atoms with E-state index in [1.54, 1.807) is 27.7 Å². The Balaban J connectivity index is 2.71. The van der Waals surface area contributed by atoms with Crippen LogP contribution in [0.25, 0.3) is 0 Å². The van der Waals surface area contributed by atoms with Crippen molar-refractivity contribution in [2.45, 2.75) is 57.9 Å². The predicted octanol–water partition coefficient (Wildman–Crippen LogP) is 0.268. The Bertz CT molecular complexity index is 158. The van der Waals surface area contributed by atoms with Gasteiger partial charge in [-0.15, -0.1) is 0 Å². The molecule has 0 spiro atoms. The molecule has 4 nitrogen and oxygen atoms in total. The molecule has 0 saturated carbocycles. The number of hydrogen-bond acceptors (Lipinski definition) is 4. The van der Waals surface area contributed by atoms with Gasteiger partial charge in [0.1, 0.15) is 12.2 Å². The van der Waals surface area contributed by atoms with E-state index >= 15 is 0 Å². The van der Waals surface area contributed by atoms with Crippen LogP contribution < -0.4 is 0 Å². The van der Waals surface area contributed by atoms with Crippen LogP contribution >= 0.6 is 0 Å². The normalized spacial score (nSPS) is 37.4. The standard InChI is InChI=1S/C9H18O4/c1-5(10)7-8(6(2)11)13-9(3,4)12-7/h5-8,10-11H,1-4H3/t5-,6+,7-,8+. The first kappa shape index (κ1) is 10.9. The van der Waals surface area contributed by atoms with Crippen molar-refractivity contribution < 1.29 is 19.7 Å². The fourth-order valence-corrected chi connectivity index (χ4v) is 1.56. The van der Waals surface area contributed by atoms with Crippen molar-refractivity contribution in [3.63, 3.8) is 0 Å². The highest BCUT2D eigenvalue weighted by atomic mass is 16.8. The summed E-state index contributed by atoms with van der Waals surface area (Å²) in [4.78, 5) is 0. The van der Waals surface area contributed by atoms with Gasteiger partial charge in [0.2, 0.25) is 0 Å². The van der Waals surface area contributed by atoms with E-state index in [1.165, 1.54) is 0 Å². The minimum Gasteiger partial charge on any atom is -0.391 e. The minimum atomic E-state index is -0.719. The molecule has 0 amide bonds. The second-order valence-electron chi connectivity index (χ2n) is 4.05. The van der Waals surface area contributed by atoms with E-state index in [-0.39, 0.29) is 0 Å². The highest BCUT2D eigenvalue weighted by Gasteiger charge is 2.45. The van der Waals surface area contributed by atoms with Crippen LogP contribution in [0, 0.1) is 0 Å². The second-order valence-corrected chi connectivity index (χ2v) is 4.05. The molecule has 2 N–H and O–H groups in total. The Labute approximate surface area is 78.5 Å². The molecule has 0 aliphatic carbocycles. The number of aliphatic hydroxyl groups excluding tert-OH is 2. The molecule has 0 aromatic rings. The second kappa shape index (κ2) is 3.53. The first-order chi connectivity index (χ1) is 5.83. The lowest BCUT2D eigenvalue weighted by Crippen LogP contribution is -2.39. The highest BCUT2D eigenvalue weighted by molar-refractivity contribution is 4.87. The van der Waals surface area contributed by atoms with Crippen molar-refractivity contribution in [1.82, 2.24) is 0 Å². The molecule has 1 aliphatic heterocycles. The molecule has 4 atom stereocenters. The number of aliphatic hydroxyl groups is 2.